The van der Waals surface area contributed by atoms with E-state index in [0.717, 1.165) is 49.9 Å². The quantitative estimate of drug-likeness (QED) is 0.805. The number of hydrogen-bond acceptors (Lipinski definition) is 3. The van der Waals surface area contributed by atoms with E-state index >= 15 is 0 Å². The first-order chi connectivity index (χ1) is 8.78. The highest BCUT2D eigenvalue weighted by atomic mass is 35.5. The highest BCUT2D eigenvalue weighted by Crippen LogP contribution is 2.17. The standard InChI is InChI=1S/C14H20ClNO2/c15-13-2-4-14(5-3-13)18-9-1-7-16-8-6-12(10-16)11-17/h2-5,12,17H,1,6-11H2. The van der Waals surface area contributed by atoms with E-state index in [0.29, 0.717) is 12.5 Å². The second-order valence-corrected chi connectivity index (χ2v) is 5.23. The van der Waals surface area contributed by atoms with Gasteiger partial charge in [0.25, 0.3) is 0 Å². The van der Waals surface area contributed by atoms with Crippen LogP contribution in [0, 0.1) is 5.92 Å². The lowest BCUT2D eigenvalue weighted by atomic mass is 10.1. The van der Waals surface area contributed by atoms with Crippen molar-refractivity contribution in [3.63, 3.8) is 0 Å². The number of aliphatic hydroxyl groups excluding tert-OH is 1. The second kappa shape index (κ2) is 6.98. The summed E-state index contributed by atoms with van der Waals surface area (Å²) in [4.78, 5) is 2.39. The lowest BCUT2D eigenvalue weighted by Crippen LogP contribution is -2.24. The van der Waals surface area contributed by atoms with Crippen molar-refractivity contribution in [1.82, 2.24) is 4.90 Å². The van der Waals surface area contributed by atoms with Gasteiger partial charge in [-0.2, -0.15) is 0 Å². The highest BCUT2D eigenvalue weighted by molar-refractivity contribution is 6.30. The monoisotopic (exact) mass is 269 g/mol. The van der Waals surface area contributed by atoms with Gasteiger partial charge in [0.15, 0.2) is 0 Å². The molecule has 0 spiro atoms. The van der Waals surface area contributed by atoms with Crippen molar-refractivity contribution in [3.8, 4) is 5.75 Å². The Labute approximate surface area is 113 Å². The van der Waals surface area contributed by atoms with E-state index in [1.54, 1.807) is 0 Å². The first-order valence-electron chi connectivity index (χ1n) is 6.49. The maximum Gasteiger partial charge on any atom is 0.119 e. The molecule has 1 aliphatic heterocycles. The Bertz CT molecular complexity index is 355. The Balaban J connectivity index is 1.60. The van der Waals surface area contributed by atoms with Crippen LogP contribution in [0.25, 0.3) is 0 Å². The molecule has 100 valence electrons. The number of halogens is 1. The number of hydrogen-bond donors (Lipinski definition) is 1. The van der Waals surface area contributed by atoms with Crippen molar-refractivity contribution in [2.45, 2.75) is 12.8 Å². The summed E-state index contributed by atoms with van der Waals surface area (Å²) in [6, 6.07) is 7.45. The van der Waals surface area contributed by atoms with Gasteiger partial charge in [0, 0.05) is 24.7 Å². The SMILES string of the molecule is OCC1CCN(CCCOc2ccc(Cl)cc2)C1. The average Bonchev–Trinajstić information content (AvgIpc) is 2.85. The van der Waals surface area contributed by atoms with E-state index in [1.165, 1.54) is 0 Å². The maximum absolute atomic E-state index is 9.06. The van der Waals surface area contributed by atoms with E-state index in [2.05, 4.69) is 4.90 Å². The fourth-order valence-electron chi connectivity index (χ4n) is 2.27. The van der Waals surface area contributed by atoms with E-state index < -0.39 is 0 Å². The molecular formula is C14H20ClNO2. The Kier molecular flexibility index (Phi) is 5.29. The van der Waals surface area contributed by atoms with Gasteiger partial charge < -0.3 is 14.7 Å². The average molecular weight is 270 g/mol. The molecule has 1 saturated heterocycles. The molecule has 0 aromatic heterocycles. The molecule has 0 bridgehead atoms. The van der Waals surface area contributed by atoms with Crippen molar-refractivity contribution in [3.05, 3.63) is 29.3 Å². The van der Waals surface area contributed by atoms with Crippen LogP contribution >= 0.6 is 11.6 Å². The van der Waals surface area contributed by atoms with E-state index in [1.807, 2.05) is 24.3 Å². The molecule has 1 aromatic rings. The summed E-state index contributed by atoms with van der Waals surface area (Å²) in [6.07, 6.45) is 2.13. The third kappa shape index (κ3) is 4.16. The van der Waals surface area contributed by atoms with Gasteiger partial charge in [-0.25, -0.2) is 0 Å². The van der Waals surface area contributed by atoms with Gasteiger partial charge in [-0.1, -0.05) is 11.6 Å². The van der Waals surface area contributed by atoms with Crippen LogP contribution in [0.4, 0.5) is 0 Å². The fraction of sp³-hybridized carbons (Fsp3) is 0.571. The number of likely N-dealkylation sites (tertiary alicyclic amines) is 1. The molecule has 1 heterocycles. The Morgan fingerprint density at radius 1 is 1.33 bits per heavy atom. The molecule has 1 unspecified atom stereocenters. The number of nitrogens with zero attached hydrogens (tertiary/aromatic N) is 1. The van der Waals surface area contributed by atoms with Gasteiger partial charge in [0.2, 0.25) is 0 Å². The van der Waals surface area contributed by atoms with E-state index in [-0.39, 0.29) is 0 Å². The molecule has 1 atom stereocenters. The molecule has 1 aliphatic rings. The minimum atomic E-state index is 0.317. The summed E-state index contributed by atoms with van der Waals surface area (Å²) in [5.74, 6) is 1.34. The molecule has 18 heavy (non-hydrogen) atoms. The van der Waals surface area contributed by atoms with Crippen molar-refractivity contribution in [2.75, 3.05) is 32.8 Å². The van der Waals surface area contributed by atoms with Gasteiger partial charge in [-0.3, -0.25) is 0 Å². The zero-order chi connectivity index (χ0) is 12.8. The van der Waals surface area contributed by atoms with Gasteiger partial charge in [0.05, 0.1) is 6.61 Å². The minimum absolute atomic E-state index is 0.317. The number of aliphatic hydroxyl groups is 1. The second-order valence-electron chi connectivity index (χ2n) is 4.79. The Morgan fingerprint density at radius 2 is 2.11 bits per heavy atom. The predicted octanol–water partition coefficient (Wildman–Crippen LogP) is 2.42. The third-order valence-electron chi connectivity index (χ3n) is 3.33. The lowest BCUT2D eigenvalue weighted by molar-refractivity contribution is 0.215. The molecular weight excluding hydrogens is 250 g/mol. The third-order valence-corrected chi connectivity index (χ3v) is 3.58. The first-order valence-corrected chi connectivity index (χ1v) is 6.87. The zero-order valence-corrected chi connectivity index (χ0v) is 11.3. The topological polar surface area (TPSA) is 32.7 Å². The van der Waals surface area contributed by atoms with Crippen molar-refractivity contribution in [2.24, 2.45) is 5.92 Å². The smallest absolute Gasteiger partial charge is 0.119 e. The highest BCUT2D eigenvalue weighted by Gasteiger charge is 2.20. The van der Waals surface area contributed by atoms with Gasteiger partial charge >= 0.3 is 0 Å². The van der Waals surface area contributed by atoms with Crippen LogP contribution in [-0.4, -0.2) is 42.9 Å². The number of benzene rings is 1. The van der Waals surface area contributed by atoms with Crippen LogP contribution in [0.3, 0.4) is 0 Å². The van der Waals surface area contributed by atoms with Gasteiger partial charge in [-0.15, -0.1) is 0 Å². The largest absolute Gasteiger partial charge is 0.494 e. The van der Waals surface area contributed by atoms with Crippen LogP contribution in [0.5, 0.6) is 5.75 Å². The summed E-state index contributed by atoms with van der Waals surface area (Å²) in [5, 5.41) is 9.80. The van der Waals surface area contributed by atoms with Crippen LogP contribution in [0.2, 0.25) is 5.02 Å². The van der Waals surface area contributed by atoms with Gasteiger partial charge in [-0.05, 0) is 49.6 Å². The molecule has 2 rings (SSSR count). The van der Waals surface area contributed by atoms with Crippen molar-refractivity contribution < 1.29 is 9.84 Å². The summed E-state index contributed by atoms with van der Waals surface area (Å²) in [6.45, 7) is 4.22. The van der Waals surface area contributed by atoms with Crippen LogP contribution in [0.1, 0.15) is 12.8 Å². The predicted molar refractivity (Wildman–Crippen MR) is 73.2 cm³/mol. The van der Waals surface area contributed by atoms with Crippen molar-refractivity contribution in [1.29, 1.82) is 0 Å². The summed E-state index contributed by atoms with van der Waals surface area (Å²) in [5.41, 5.74) is 0. The first kappa shape index (κ1) is 13.7. The summed E-state index contributed by atoms with van der Waals surface area (Å²) >= 11 is 5.80. The molecule has 3 nitrogen and oxygen atoms in total. The fourth-order valence-corrected chi connectivity index (χ4v) is 2.40. The molecule has 0 radical (unpaired) electrons. The molecule has 0 saturated carbocycles. The van der Waals surface area contributed by atoms with E-state index in [9.17, 15) is 0 Å². The molecule has 1 fully saturated rings. The molecule has 4 heteroatoms. The molecule has 0 amide bonds. The maximum atomic E-state index is 9.06. The molecule has 1 aromatic carbocycles. The Hall–Kier alpha value is -0.770. The van der Waals surface area contributed by atoms with Crippen LogP contribution in [-0.2, 0) is 0 Å². The van der Waals surface area contributed by atoms with Crippen molar-refractivity contribution >= 4 is 11.6 Å². The van der Waals surface area contributed by atoms with Gasteiger partial charge in [0.1, 0.15) is 5.75 Å². The van der Waals surface area contributed by atoms with Crippen LogP contribution in [0.15, 0.2) is 24.3 Å². The Morgan fingerprint density at radius 3 is 2.78 bits per heavy atom. The number of rotatable bonds is 6. The summed E-state index contributed by atoms with van der Waals surface area (Å²) in [7, 11) is 0. The minimum Gasteiger partial charge on any atom is -0.494 e. The molecule has 0 aliphatic carbocycles. The normalized spacial score (nSPS) is 20.2. The molecule has 1 N–H and O–H groups in total. The number of ether oxygens (including phenoxy) is 1. The summed E-state index contributed by atoms with van der Waals surface area (Å²) < 4.78 is 5.64. The zero-order valence-electron chi connectivity index (χ0n) is 10.5. The van der Waals surface area contributed by atoms with E-state index in [4.69, 9.17) is 21.4 Å². The lowest BCUT2D eigenvalue weighted by Gasteiger charge is -2.15. The van der Waals surface area contributed by atoms with Crippen LogP contribution < -0.4 is 4.74 Å².